The number of halogens is 1. The first-order valence-electron chi connectivity index (χ1n) is 9.67. The molecule has 4 nitrogen and oxygen atoms in total. The molecule has 0 bridgehead atoms. The summed E-state index contributed by atoms with van der Waals surface area (Å²) in [6.07, 6.45) is 1.63. The van der Waals surface area contributed by atoms with Crippen LogP contribution in [0.5, 0.6) is 0 Å². The van der Waals surface area contributed by atoms with E-state index in [0.717, 1.165) is 28.2 Å². The van der Waals surface area contributed by atoms with Crippen LogP contribution >= 0.6 is 11.6 Å². The Morgan fingerprint density at radius 3 is 2.37 bits per heavy atom. The molecule has 0 radical (unpaired) electrons. The number of aryl methyl sites for hydroxylation is 4. The number of carbonyl (C=O) groups excluding carboxylic acids is 1. The quantitative estimate of drug-likeness (QED) is 0.404. The van der Waals surface area contributed by atoms with Gasteiger partial charge in [0.2, 0.25) is 0 Å². The smallest absolute Gasteiger partial charge is 0.266 e. The van der Waals surface area contributed by atoms with Gasteiger partial charge in [-0.3, -0.25) is 4.79 Å². The molecule has 0 spiro atoms. The molecule has 1 aromatic heterocycles. The molecule has 3 aromatic rings. The number of amides is 1. The summed E-state index contributed by atoms with van der Waals surface area (Å²) >= 11 is 6.03. The van der Waals surface area contributed by atoms with Crippen molar-refractivity contribution in [2.45, 2.75) is 34.6 Å². The fraction of sp³-hybridized carbons (Fsp3) is 0.200. The fourth-order valence-corrected chi connectivity index (χ4v) is 3.59. The fourth-order valence-electron chi connectivity index (χ4n) is 3.42. The van der Waals surface area contributed by atoms with Crippen molar-refractivity contribution in [3.63, 3.8) is 0 Å². The third-order valence-corrected chi connectivity index (χ3v) is 5.57. The van der Waals surface area contributed by atoms with Crippen molar-refractivity contribution in [3.05, 3.63) is 86.7 Å². The number of nitrogens with zero attached hydrogens (tertiary/aromatic N) is 2. The molecule has 1 N–H and O–H groups in total. The van der Waals surface area contributed by atoms with Crippen LogP contribution in [0.4, 0.5) is 5.69 Å². The third kappa shape index (κ3) is 4.32. The van der Waals surface area contributed by atoms with Gasteiger partial charge in [0.25, 0.3) is 5.91 Å². The Bertz CT molecular complexity index is 1210. The molecule has 0 fully saturated rings. The van der Waals surface area contributed by atoms with Crippen LogP contribution in [0.15, 0.2) is 48.0 Å². The number of hydrogen-bond donors (Lipinski definition) is 1. The van der Waals surface area contributed by atoms with Crippen molar-refractivity contribution in [2.75, 3.05) is 5.32 Å². The van der Waals surface area contributed by atoms with Crippen LogP contribution in [-0.2, 0) is 4.79 Å². The second-order valence-corrected chi connectivity index (χ2v) is 7.95. The zero-order valence-electron chi connectivity index (χ0n) is 17.8. The van der Waals surface area contributed by atoms with E-state index in [1.54, 1.807) is 18.2 Å². The topological polar surface area (TPSA) is 57.8 Å². The average molecular weight is 418 g/mol. The molecule has 30 heavy (non-hydrogen) atoms. The van der Waals surface area contributed by atoms with Gasteiger partial charge < -0.3 is 9.88 Å². The van der Waals surface area contributed by atoms with Crippen LogP contribution in [-0.4, -0.2) is 10.5 Å². The van der Waals surface area contributed by atoms with Crippen LogP contribution in [0.3, 0.4) is 0 Å². The number of anilines is 1. The van der Waals surface area contributed by atoms with Crippen molar-refractivity contribution in [1.29, 1.82) is 5.26 Å². The maximum absolute atomic E-state index is 12.7. The van der Waals surface area contributed by atoms with Gasteiger partial charge in [-0.2, -0.15) is 5.26 Å². The highest BCUT2D eigenvalue weighted by atomic mass is 35.5. The van der Waals surface area contributed by atoms with Gasteiger partial charge in [-0.05, 0) is 93.3 Å². The van der Waals surface area contributed by atoms with Crippen LogP contribution in [0, 0.1) is 45.9 Å². The Kier molecular flexibility index (Phi) is 6.14. The maximum Gasteiger partial charge on any atom is 0.266 e. The number of benzene rings is 2. The minimum Gasteiger partial charge on any atom is -0.321 e. The van der Waals surface area contributed by atoms with E-state index in [9.17, 15) is 10.1 Å². The van der Waals surface area contributed by atoms with E-state index < -0.39 is 5.91 Å². The lowest BCUT2D eigenvalue weighted by molar-refractivity contribution is -0.112. The Balaban J connectivity index is 1.96. The van der Waals surface area contributed by atoms with E-state index in [2.05, 4.69) is 41.9 Å². The van der Waals surface area contributed by atoms with Crippen LogP contribution in [0.1, 0.15) is 33.6 Å². The average Bonchev–Trinajstić information content (AvgIpc) is 2.98. The third-order valence-electron chi connectivity index (χ3n) is 5.33. The number of carbonyl (C=O) groups is 1. The molecule has 0 saturated heterocycles. The van der Waals surface area contributed by atoms with Crippen LogP contribution in [0.25, 0.3) is 11.8 Å². The summed E-state index contributed by atoms with van der Waals surface area (Å²) in [5.74, 6) is -0.459. The lowest BCUT2D eigenvalue weighted by Gasteiger charge is -2.12. The maximum atomic E-state index is 12.7. The van der Waals surface area contributed by atoms with E-state index in [4.69, 9.17) is 11.6 Å². The molecule has 1 amide bonds. The zero-order valence-corrected chi connectivity index (χ0v) is 18.6. The van der Waals surface area contributed by atoms with E-state index in [-0.39, 0.29) is 5.57 Å². The second-order valence-electron chi connectivity index (χ2n) is 7.51. The van der Waals surface area contributed by atoms with Crippen molar-refractivity contribution < 1.29 is 4.79 Å². The standard InChI is InChI=1S/C25H24ClN3O/c1-15-7-9-23(10-17(15)3)29-18(4)11-20(19(29)5)12-21(14-27)25(30)28-24-13-22(26)8-6-16(24)2/h6-13H,1-5H3,(H,28,30)/b21-12+. The summed E-state index contributed by atoms with van der Waals surface area (Å²) in [6, 6.07) is 15.6. The van der Waals surface area contributed by atoms with Gasteiger partial charge in [-0.25, -0.2) is 0 Å². The van der Waals surface area contributed by atoms with Crippen molar-refractivity contribution in [2.24, 2.45) is 0 Å². The second kappa shape index (κ2) is 8.61. The van der Waals surface area contributed by atoms with Gasteiger partial charge in [0.1, 0.15) is 11.6 Å². The molecule has 0 aliphatic rings. The highest BCUT2D eigenvalue weighted by Gasteiger charge is 2.15. The molecule has 152 valence electrons. The Labute approximate surface area is 182 Å². The van der Waals surface area contributed by atoms with Gasteiger partial charge in [-0.1, -0.05) is 23.7 Å². The Hall–Kier alpha value is -3.29. The van der Waals surface area contributed by atoms with Gasteiger partial charge >= 0.3 is 0 Å². The predicted octanol–water partition coefficient (Wildman–Crippen LogP) is 6.22. The van der Waals surface area contributed by atoms with Gasteiger partial charge in [0, 0.05) is 27.8 Å². The van der Waals surface area contributed by atoms with Crippen molar-refractivity contribution in [3.8, 4) is 11.8 Å². The lowest BCUT2D eigenvalue weighted by Crippen LogP contribution is -2.14. The molecule has 2 aromatic carbocycles. The molecule has 0 aliphatic heterocycles. The first kappa shape index (κ1) is 21.4. The zero-order chi connectivity index (χ0) is 22.0. The molecule has 0 aliphatic carbocycles. The highest BCUT2D eigenvalue weighted by Crippen LogP contribution is 2.25. The molecule has 0 saturated carbocycles. The van der Waals surface area contributed by atoms with Crippen LogP contribution in [0.2, 0.25) is 5.02 Å². The molecule has 0 atom stereocenters. The Morgan fingerprint density at radius 2 is 1.70 bits per heavy atom. The van der Waals surface area contributed by atoms with E-state index >= 15 is 0 Å². The lowest BCUT2D eigenvalue weighted by atomic mass is 10.1. The molecule has 1 heterocycles. The largest absolute Gasteiger partial charge is 0.321 e. The monoisotopic (exact) mass is 417 g/mol. The number of nitriles is 1. The molecular weight excluding hydrogens is 394 g/mol. The molecule has 3 rings (SSSR count). The molecule has 0 unspecified atom stereocenters. The normalized spacial score (nSPS) is 11.3. The highest BCUT2D eigenvalue weighted by molar-refractivity contribution is 6.31. The summed E-state index contributed by atoms with van der Waals surface area (Å²) in [5.41, 5.74) is 7.85. The number of aromatic nitrogens is 1. The SMILES string of the molecule is Cc1ccc(-n2c(C)cc(/C=C(\C#N)C(=O)Nc3cc(Cl)ccc3C)c2C)cc1C. The molecular formula is C25H24ClN3O. The summed E-state index contributed by atoms with van der Waals surface area (Å²) < 4.78 is 2.13. The summed E-state index contributed by atoms with van der Waals surface area (Å²) in [6.45, 7) is 10.0. The van der Waals surface area contributed by atoms with Crippen molar-refractivity contribution >= 4 is 29.3 Å². The van der Waals surface area contributed by atoms with Gasteiger partial charge in [0.05, 0.1) is 0 Å². The Morgan fingerprint density at radius 1 is 1.00 bits per heavy atom. The van der Waals surface area contributed by atoms with Gasteiger partial charge in [-0.15, -0.1) is 0 Å². The van der Waals surface area contributed by atoms with Gasteiger partial charge in [0.15, 0.2) is 0 Å². The minimum absolute atomic E-state index is 0.0368. The van der Waals surface area contributed by atoms with Crippen LogP contribution < -0.4 is 5.32 Å². The van der Waals surface area contributed by atoms with E-state index in [1.807, 2.05) is 39.0 Å². The summed E-state index contributed by atoms with van der Waals surface area (Å²) in [5, 5.41) is 12.9. The number of hydrogen-bond acceptors (Lipinski definition) is 2. The minimum atomic E-state index is -0.459. The predicted molar refractivity (Wildman–Crippen MR) is 123 cm³/mol. The van der Waals surface area contributed by atoms with Crippen molar-refractivity contribution in [1.82, 2.24) is 4.57 Å². The number of nitrogens with one attached hydrogen (secondary N) is 1. The van der Waals surface area contributed by atoms with E-state index in [0.29, 0.717) is 10.7 Å². The first-order valence-corrected chi connectivity index (χ1v) is 10.0. The number of rotatable bonds is 4. The molecule has 5 heteroatoms. The summed E-state index contributed by atoms with van der Waals surface area (Å²) in [7, 11) is 0. The first-order chi connectivity index (χ1) is 14.2. The summed E-state index contributed by atoms with van der Waals surface area (Å²) in [4.78, 5) is 12.7. The van der Waals surface area contributed by atoms with E-state index in [1.165, 1.54) is 11.1 Å².